The van der Waals surface area contributed by atoms with E-state index in [2.05, 4.69) is 20.4 Å². The molecule has 1 nitrogen and oxygen atoms in total. The van der Waals surface area contributed by atoms with Crippen molar-refractivity contribution in [1.82, 2.24) is 0 Å². The molecule has 0 amide bonds. The van der Waals surface area contributed by atoms with Gasteiger partial charge in [0.1, 0.15) is 0 Å². The fourth-order valence-electron chi connectivity index (χ4n) is 2.63. The van der Waals surface area contributed by atoms with Gasteiger partial charge in [0.15, 0.2) is 0 Å². The van der Waals surface area contributed by atoms with Crippen molar-refractivity contribution in [3.8, 4) is 0 Å². The van der Waals surface area contributed by atoms with Gasteiger partial charge in [-0.25, -0.2) is 0 Å². The molecular formula is C20H40O. The molecule has 0 N–H and O–H groups in total. The number of rotatable bonds is 17. The maximum Gasteiger partial charge on any atom is 0.0888 e. The summed E-state index contributed by atoms with van der Waals surface area (Å²) in [6.07, 6.45) is 20.0. The second-order valence-corrected chi connectivity index (χ2v) is 6.38. The third kappa shape index (κ3) is 17.5. The molecule has 21 heavy (non-hydrogen) atoms. The predicted molar refractivity (Wildman–Crippen MR) is 95.7 cm³/mol. The fourth-order valence-corrected chi connectivity index (χ4v) is 2.63. The van der Waals surface area contributed by atoms with Crippen molar-refractivity contribution in [3.63, 3.8) is 0 Å². The molecule has 0 aliphatic heterocycles. The smallest absolute Gasteiger partial charge is 0.0888 e. The van der Waals surface area contributed by atoms with Gasteiger partial charge in [0, 0.05) is 6.42 Å². The average Bonchev–Trinajstić information content (AvgIpc) is 2.49. The van der Waals surface area contributed by atoms with Gasteiger partial charge in [-0.15, -0.1) is 0 Å². The summed E-state index contributed by atoms with van der Waals surface area (Å²) in [6, 6.07) is 0. The van der Waals surface area contributed by atoms with Crippen LogP contribution in [0.1, 0.15) is 110 Å². The topological polar surface area (TPSA) is 9.23 Å². The second kappa shape index (κ2) is 17.6. The first kappa shape index (κ1) is 20.5. The first-order valence-corrected chi connectivity index (χ1v) is 9.61. The van der Waals surface area contributed by atoms with Crippen LogP contribution >= 0.6 is 0 Å². The van der Waals surface area contributed by atoms with Crippen LogP contribution in [-0.2, 0) is 4.74 Å². The van der Waals surface area contributed by atoms with Gasteiger partial charge in [0.05, 0.1) is 12.4 Å². The van der Waals surface area contributed by atoms with Gasteiger partial charge in [-0.3, -0.25) is 0 Å². The average molecular weight is 297 g/mol. The Morgan fingerprint density at radius 3 is 1.57 bits per heavy atom. The van der Waals surface area contributed by atoms with E-state index in [1.165, 1.54) is 89.9 Å². The first-order chi connectivity index (χ1) is 10.3. The Morgan fingerprint density at radius 1 is 0.619 bits per heavy atom. The Balaban J connectivity index is 3.09. The van der Waals surface area contributed by atoms with Crippen LogP contribution in [0.15, 0.2) is 12.3 Å². The van der Waals surface area contributed by atoms with Gasteiger partial charge in [-0.1, -0.05) is 97.5 Å². The highest BCUT2D eigenvalue weighted by atomic mass is 16.5. The van der Waals surface area contributed by atoms with Crippen LogP contribution in [0.3, 0.4) is 0 Å². The highest BCUT2D eigenvalue weighted by molar-refractivity contribution is 4.81. The summed E-state index contributed by atoms with van der Waals surface area (Å²) < 4.78 is 5.70. The van der Waals surface area contributed by atoms with Crippen molar-refractivity contribution in [1.29, 1.82) is 0 Å². The van der Waals surface area contributed by atoms with Gasteiger partial charge in [-0.05, 0) is 12.8 Å². The minimum absolute atomic E-state index is 0.878. The molecule has 0 radical (unpaired) electrons. The van der Waals surface area contributed by atoms with E-state index in [1.54, 1.807) is 0 Å². The molecule has 0 bridgehead atoms. The zero-order valence-corrected chi connectivity index (χ0v) is 14.9. The number of allylic oxidation sites excluding steroid dienone is 1. The zero-order chi connectivity index (χ0) is 15.6. The van der Waals surface area contributed by atoms with E-state index in [0.717, 1.165) is 18.8 Å². The van der Waals surface area contributed by atoms with Gasteiger partial charge in [0.25, 0.3) is 0 Å². The molecule has 0 heterocycles. The van der Waals surface area contributed by atoms with Gasteiger partial charge in [0.2, 0.25) is 0 Å². The van der Waals surface area contributed by atoms with Crippen LogP contribution in [0.25, 0.3) is 0 Å². The Labute approximate surface area is 134 Å². The SMILES string of the molecule is C=C(CCCCCC)OCCCCCCCCCCCC. The normalized spacial score (nSPS) is 10.8. The lowest BCUT2D eigenvalue weighted by Crippen LogP contribution is -1.95. The van der Waals surface area contributed by atoms with E-state index in [4.69, 9.17) is 4.74 Å². The molecule has 0 aliphatic rings. The maximum atomic E-state index is 5.70. The number of hydrogen-bond acceptors (Lipinski definition) is 1. The van der Waals surface area contributed by atoms with Crippen LogP contribution < -0.4 is 0 Å². The fraction of sp³-hybridized carbons (Fsp3) is 0.900. The molecule has 0 unspecified atom stereocenters. The highest BCUT2D eigenvalue weighted by Gasteiger charge is 1.97. The van der Waals surface area contributed by atoms with Crippen molar-refractivity contribution >= 4 is 0 Å². The largest absolute Gasteiger partial charge is 0.499 e. The molecule has 0 aromatic carbocycles. The van der Waals surface area contributed by atoms with Crippen LogP contribution in [-0.4, -0.2) is 6.61 Å². The molecule has 126 valence electrons. The molecule has 0 saturated carbocycles. The molecule has 0 spiro atoms. The Hall–Kier alpha value is -0.460. The molecule has 0 aliphatic carbocycles. The molecule has 1 heteroatoms. The molecule has 0 fully saturated rings. The molecule has 0 atom stereocenters. The number of hydrogen-bond donors (Lipinski definition) is 0. The number of ether oxygens (including phenoxy) is 1. The lowest BCUT2D eigenvalue weighted by atomic mass is 10.1. The monoisotopic (exact) mass is 296 g/mol. The second-order valence-electron chi connectivity index (χ2n) is 6.38. The quantitative estimate of drug-likeness (QED) is 0.200. The molecule has 0 aromatic heterocycles. The van der Waals surface area contributed by atoms with Crippen molar-refractivity contribution in [2.24, 2.45) is 0 Å². The van der Waals surface area contributed by atoms with E-state index < -0.39 is 0 Å². The Kier molecular flexibility index (Phi) is 17.2. The van der Waals surface area contributed by atoms with E-state index in [1.807, 2.05) is 0 Å². The van der Waals surface area contributed by atoms with Gasteiger partial charge in [-0.2, -0.15) is 0 Å². The van der Waals surface area contributed by atoms with E-state index >= 15 is 0 Å². The lowest BCUT2D eigenvalue weighted by Gasteiger charge is -2.09. The molecular weight excluding hydrogens is 256 g/mol. The summed E-state index contributed by atoms with van der Waals surface area (Å²) in [6.45, 7) is 9.42. The van der Waals surface area contributed by atoms with E-state index in [0.29, 0.717) is 0 Å². The maximum absolute atomic E-state index is 5.70. The first-order valence-electron chi connectivity index (χ1n) is 9.61. The zero-order valence-electron chi connectivity index (χ0n) is 14.9. The van der Waals surface area contributed by atoms with Crippen molar-refractivity contribution in [3.05, 3.63) is 12.3 Å². The van der Waals surface area contributed by atoms with Crippen LogP contribution in [0.4, 0.5) is 0 Å². The van der Waals surface area contributed by atoms with E-state index in [-0.39, 0.29) is 0 Å². The third-order valence-corrected chi connectivity index (χ3v) is 4.11. The van der Waals surface area contributed by atoms with Gasteiger partial charge >= 0.3 is 0 Å². The standard InChI is InChI=1S/C20H40O/c1-4-6-8-10-11-12-13-14-15-17-19-21-20(3)18-16-9-7-5-2/h3-19H2,1-2H3. The third-order valence-electron chi connectivity index (χ3n) is 4.11. The summed E-state index contributed by atoms with van der Waals surface area (Å²) in [5, 5.41) is 0. The Morgan fingerprint density at radius 2 is 1.05 bits per heavy atom. The summed E-state index contributed by atoms with van der Waals surface area (Å²) in [7, 11) is 0. The highest BCUT2D eigenvalue weighted by Crippen LogP contribution is 2.12. The summed E-state index contributed by atoms with van der Waals surface area (Å²) in [4.78, 5) is 0. The summed E-state index contributed by atoms with van der Waals surface area (Å²) in [5.74, 6) is 1.00. The van der Waals surface area contributed by atoms with Gasteiger partial charge < -0.3 is 4.74 Å². The summed E-state index contributed by atoms with van der Waals surface area (Å²) >= 11 is 0. The van der Waals surface area contributed by atoms with Crippen molar-refractivity contribution in [2.75, 3.05) is 6.61 Å². The summed E-state index contributed by atoms with van der Waals surface area (Å²) in [5.41, 5.74) is 0. The minimum Gasteiger partial charge on any atom is -0.499 e. The minimum atomic E-state index is 0.878. The predicted octanol–water partition coefficient (Wildman–Crippen LogP) is 7.41. The van der Waals surface area contributed by atoms with Crippen LogP contribution in [0.5, 0.6) is 0 Å². The van der Waals surface area contributed by atoms with E-state index in [9.17, 15) is 0 Å². The molecule has 0 aromatic rings. The van der Waals surface area contributed by atoms with Crippen LogP contribution in [0, 0.1) is 0 Å². The Bertz CT molecular complexity index is 210. The van der Waals surface area contributed by atoms with Crippen molar-refractivity contribution in [2.45, 2.75) is 110 Å². The molecule has 0 rings (SSSR count). The van der Waals surface area contributed by atoms with Crippen molar-refractivity contribution < 1.29 is 4.74 Å². The lowest BCUT2D eigenvalue weighted by molar-refractivity contribution is 0.195. The number of unbranched alkanes of at least 4 members (excludes halogenated alkanes) is 12. The molecule has 0 saturated heterocycles. The van der Waals surface area contributed by atoms with Crippen LogP contribution in [0.2, 0.25) is 0 Å².